The van der Waals surface area contributed by atoms with Gasteiger partial charge in [-0.15, -0.1) is 0 Å². The maximum absolute atomic E-state index is 12.2. The van der Waals surface area contributed by atoms with Crippen LogP contribution in [0.1, 0.15) is 89.3 Å². The topological polar surface area (TPSA) is 61.2 Å². The summed E-state index contributed by atoms with van der Waals surface area (Å²) in [6, 6.07) is 1.73. The van der Waals surface area contributed by atoms with Crippen molar-refractivity contribution < 1.29 is 14.3 Å². The molecule has 0 amide bonds. The Morgan fingerprint density at radius 1 is 1.25 bits per heavy atom. The van der Waals surface area contributed by atoms with Crippen LogP contribution in [0.5, 0.6) is 0 Å². The zero-order chi connectivity index (χ0) is 18.3. The fraction of sp³-hybridized carbons (Fsp3) is 0.737. The minimum atomic E-state index is -0.419. The molecule has 24 heavy (non-hydrogen) atoms. The summed E-state index contributed by atoms with van der Waals surface area (Å²) in [5.41, 5.74) is 1.47. The highest BCUT2D eigenvalue weighted by molar-refractivity contribution is 5.88. The van der Waals surface area contributed by atoms with E-state index in [0.717, 1.165) is 25.0 Å². The van der Waals surface area contributed by atoms with Crippen molar-refractivity contribution in [3.05, 3.63) is 17.5 Å². The van der Waals surface area contributed by atoms with Gasteiger partial charge < -0.3 is 4.74 Å². The molecule has 5 nitrogen and oxygen atoms in total. The van der Waals surface area contributed by atoms with Gasteiger partial charge in [-0.05, 0) is 37.2 Å². The Morgan fingerprint density at radius 3 is 2.46 bits per heavy atom. The molecule has 0 saturated heterocycles. The number of nitrogens with zero attached hydrogens (tertiary/aromatic N) is 2. The number of esters is 1. The monoisotopic (exact) mass is 336 g/mol. The molecule has 1 aromatic rings. The van der Waals surface area contributed by atoms with E-state index in [1.165, 1.54) is 4.68 Å². The zero-order valence-electron chi connectivity index (χ0n) is 16.0. The van der Waals surface area contributed by atoms with Gasteiger partial charge in [0.25, 0.3) is 0 Å². The van der Waals surface area contributed by atoms with Gasteiger partial charge >= 0.3 is 5.97 Å². The first-order valence-electron chi connectivity index (χ1n) is 8.90. The SMILES string of the molecule is CCOC(=O)c1cc(C(C)C)nn1CC(=O)CCCCC(C)(C)C. The minimum Gasteiger partial charge on any atom is -0.461 e. The second-order valence-electron chi connectivity index (χ2n) is 7.79. The second-order valence-corrected chi connectivity index (χ2v) is 7.79. The summed E-state index contributed by atoms with van der Waals surface area (Å²) in [4.78, 5) is 24.3. The number of unbranched alkanes of at least 4 members (excludes halogenated alkanes) is 1. The lowest BCUT2D eigenvalue weighted by atomic mass is 9.89. The normalized spacial score (nSPS) is 11.8. The molecule has 0 radical (unpaired) electrons. The van der Waals surface area contributed by atoms with Crippen molar-refractivity contribution in [3.8, 4) is 0 Å². The van der Waals surface area contributed by atoms with Gasteiger partial charge in [0, 0.05) is 6.42 Å². The highest BCUT2D eigenvalue weighted by atomic mass is 16.5. The number of carbonyl (C=O) groups excluding carboxylic acids is 2. The second kappa shape index (κ2) is 9.00. The first-order valence-corrected chi connectivity index (χ1v) is 8.90. The molecule has 0 unspecified atom stereocenters. The third-order valence-corrected chi connectivity index (χ3v) is 3.83. The van der Waals surface area contributed by atoms with Crippen LogP contribution in [-0.2, 0) is 16.1 Å². The van der Waals surface area contributed by atoms with Crippen molar-refractivity contribution in [2.24, 2.45) is 5.41 Å². The van der Waals surface area contributed by atoms with Crippen molar-refractivity contribution >= 4 is 11.8 Å². The highest BCUT2D eigenvalue weighted by Crippen LogP contribution is 2.22. The van der Waals surface area contributed by atoms with Crippen molar-refractivity contribution in [2.75, 3.05) is 6.61 Å². The molecule has 0 bridgehead atoms. The Balaban J connectivity index is 2.68. The Kier molecular flexibility index (Phi) is 7.64. The number of aromatic nitrogens is 2. The lowest BCUT2D eigenvalue weighted by Gasteiger charge is -2.17. The maximum Gasteiger partial charge on any atom is 0.356 e. The molecule has 1 rings (SSSR count). The van der Waals surface area contributed by atoms with Crippen LogP contribution in [0.15, 0.2) is 6.07 Å². The van der Waals surface area contributed by atoms with Crippen LogP contribution in [-0.4, -0.2) is 28.1 Å². The number of ketones is 1. The van der Waals surface area contributed by atoms with Crippen LogP contribution in [0.25, 0.3) is 0 Å². The van der Waals surface area contributed by atoms with Gasteiger partial charge in [0.1, 0.15) is 12.2 Å². The van der Waals surface area contributed by atoms with Gasteiger partial charge in [-0.1, -0.05) is 41.0 Å². The van der Waals surface area contributed by atoms with Crippen LogP contribution in [0.3, 0.4) is 0 Å². The van der Waals surface area contributed by atoms with Gasteiger partial charge in [-0.25, -0.2) is 4.79 Å². The number of hydrogen-bond acceptors (Lipinski definition) is 4. The molecule has 136 valence electrons. The summed E-state index contributed by atoms with van der Waals surface area (Å²) in [6.45, 7) is 12.8. The molecule has 1 aromatic heterocycles. The van der Waals surface area contributed by atoms with Crippen LogP contribution in [0.2, 0.25) is 0 Å². The van der Waals surface area contributed by atoms with E-state index >= 15 is 0 Å². The van der Waals surface area contributed by atoms with Crippen LogP contribution >= 0.6 is 0 Å². The molecule has 5 heteroatoms. The van der Waals surface area contributed by atoms with E-state index in [0.29, 0.717) is 24.1 Å². The van der Waals surface area contributed by atoms with E-state index in [-0.39, 0.29) is 18.2 Å². The Labute approximate surface area is 145 Å². The Bertz CT molecular complexity index is 553. The molecule has 0 aliphatic rings. The zero-order valence-corrected chi connectivity index (χ0v) is 16.0. The molecule has 0 aliphatic carbocycles. The smallest absolute Gasteiger partial charge is 0.356 e. The van der Waals surface area contributed by atoms with E-state index in [1.54, 1.807) is 13.0 Å². The van der Waals surface area contributed by atoms with E-state index in [2.05, 4.69) is 25.9 Å². The quantitative estimate of drug-likeness (QED) is 0.496. The van der Waals surface area contributed by atoms with Gasteiger partial charge in [0.05, 0.1) is 12.3 Å². The third kappa shape index (κ3) is 6.85. The first kappa shape index (κ1) is 20.4. The fourth-order valence-electron chi connectivity index (χ4n) is 2.43. The van der Waals surface area contributed by atoms with E-state index < -0.39 is 5.97 Å². The van der Waals surface area contributed by atoms with Gasteiger partial charge in [-0.3, -0.25) is 9.48 Å². The molecule has 0 aromatic carbocycles. The van der Waals surface area contributed by atoms with Crippen molar-refractivity contribution in [3.63, 3.8) is 0 Å². The Morgan fingerprint density at radius 2 is 1.92 bits per heavy atom. The lowest BCUT2D eigenvalue weighted by molar-refractivity contribution is -0.120. The van der Waals surface area contributed by atoms with Crippen molar-refractivity contribution in [2.45, 2.75) is 79.7 Å². The molecule has 0 saturated carbocycles. The van der Waals surface area contributed by atoms with Gasteiger partial charge in [0.15, 0.2) is 5.78 Å². The number of rotatable bonds is 9. The summed E-state index contributed by atoms with van der Waals surface area (Å²) in [5.74, 6) is -0.119. The minimum absolute atomic E-state index is 0.105. The Hall–Kier alpha value is -1.65. The first-order chi connectivity index (χ1) is 11.1. The third-order valence-electron chi connectivity index (χ3n) is 3.83. The molecular weight excluding hydrogens is 304 g/mol. The summed E-state index contributed by atoms with van der Waals surface area (Å²) in [7, 11) is 0. The molecule has 0 N–H and O–H groups in total. The average molecular weight is 336 g/mol. The molecule has 0 fully saturated rings. The summed E-state index contributed by atoms with van der Waals surface area (Å²) < 4.78 is 6.57. The summed E-state index contributed by atoms with van der Waals surface area (Å²) >= 11 is 0. The number of hydrogen-bond donors (Lipinski definition) is 0. The molecule has 0 atom stereocenters. The molecular formula is C19H32N2O3. The standard InChI is InChI=1S/C19H32N2O3/c1-7-24-18(23)17-12-16(14(2)3)20-21(17)13-15(22)10-8-9-11-19(4,5)6/h12,14H,7-11,13H2,1-6H3. The largest absolute Gasteiger partial charge is 0.461 e. The van der Waals surface area contributed by atoms with Crippen LogP contribution in [0, 0.1) is 5.41 Å². The number of ether oxygens (including phenoxy) is 1. The summed E-state index contributed by atoms with van der Waals surface area (Å²) in [6.07, 6.45) is 3.54. The predicted octanol–water partition coefficient (Wildman–Crippen LogP) is 4.36. The highest BCUT2D eigenvalue weighted by Gasteiger charge is 2.19. The molecule has 0 aliphatic heterocycles. The van der Waals surface area contributed by atoms with Crippen LogP contribution in [0.4, 0.5) is 0 Å². The van der Waals surface area contributed by atoms with Crippen molar-refractivity contribution in [1.82, 2.24) is 9.78 Å². The van der Waals surface area contributed by atoms with Crippen molar-refractivity contribution in [1.29, 1.82) is 0 Å². The fourth-order valence-corrected chi connectivity index (χ4v) is 2.43. The van der Waals surface area contributed by atoms with E-state index in [9.17, 15) is 9.59 Å². The summed E-state index contributed by atoms with van der Waals surface area (Å²) in [5, 5.41) is 4.42. The average Bonchev–Trinajstić information content (AvgIpc) is 2.87. The van der Waals surface area contributed by atoms with Crippen LogP contribution < -0.4 is 0 Å². The predicted molar refractivity (Wildman–Crippen MR) is 95.2 cm³/mol. The van der Waals surface area contributed by atoms with Gasteiger partial charge in [0.2, 0.25) is 0 Å². The van der Waals surface area contributed by atoms with Gasteiger partial charge in [-0.2, -0.15) is 5.10 Å². The maximum atomic E-state index is 12.2. The number of Topliss-reactive ketones (excluding diaryl/α,β-unsaturated/α-hetero) is 1. The molecule has 0 spiro atoms. The molecule has 1 heterocycles. The van der Waals surface area contributed by atoms with E-state index in [1.807, 2.05) is 13.8 Å². The van der Waals surface area contributed by atoms with E-state index in [4.69, 9.17) is 4.74 Å². The number of carbonyl (C=O) groups is 2. The lowest BCUT2D eigenvalue weighted by Crippen LogP contribution is -2.18.